The van der Waals surface area contributed by atoms with E-state index in [0.717, 1.165) is 25.1 Å². The molecule has 1 heterocycles. The predicted octanol–water partition coefficient (Wildman–Crippen LogP) is 2.07. The topological polar surface area (TPSA) is 55.6 Å². The molecule has 0 aliphatic carbocycles. The van der Waals surface area contributed by atoms with E-state index in [2.05, 4.69) is 6.92 Å². The minimum absolute atomic E-state index is 0. The molecule has 2 N–H and O–H groups in total. The number of ether oxygens (including phenoxy) is 1. The third kappa shape index (κ3) is 4.12. The van der Waals surface area contributed by atoms with Crippen LogP contribution >= 0.6 is 12.4 Å². The van der Waals surface area contributed by atoms with Gasteiger partial charge in [0.2, 0.25) is 0 Å². The van der Waals surface area contributed by atoms with E-state index in [-0.39, 0.29) is 31.0 Å². The molecule has 1 aromatic carbocycles. The molecular formula is C15H23ClN2O2. The van der Waals surface area contributed by atoms with Crippen molar-refractivity contribution < 1.29 is 9.53 Å². The Morgan fingerprint density at radius 1 is 1.40 bits per heavy atom. The average molecular weight is 299 g/mol. The lowest BCUT2D eigenvalue weighted by Crippen LogP contribution is -2.52. The fourth-order valence-corrected chi connectivity index (χ4v) is 2.66. The van der Waals surface area contributed by atoms with Crippen molar-refractivity contribution in [1.29, 1.82) is 0 Å². The molecule has 1 amide bonds. The summed E-state index contributed by atoms with van der Waals surface area (Å²) in [7, 11) is 0. The van der Waals surface area contributed by atoms with Gasteiger partial charge in [-0.25, -0.2) is 0 Å². The Balaban J connectivity index is 0.00000200. The summed E-state index contributed by atoms with van der Waals surface area (Å²) in [5.74, 6) is 1.23. The number of halogens is 1. The molecule has 4 nitrogen and oxygen atoms in total. The first-order valence-corrected chi connectivity index (χ1v) is 6.89. The highest BCUT2D eigenvalue weighted by atomic mass is 35.5. The summed E-state index contributed by atoms with van der Waals surface area (Å²) in [6, 6.07) is 9.57. The van der Waals surface area contributed by atoms with Gasteiger partial charge in [-0.15, -0.1) is 12.4 Å². The molecule has 1 aromatic rings. The van der Waals surface area contributed by atoms with Crippen LogP contribution in [0.5, 0.6) is 5.75 Å². The van der Waals surface area contributed by atoms with Crippen LogP contribution in [0.25, 0.3) is 0 Å². The molecule has 0 saturated carbocycles. The molecule has 2 rings (SSSR count). The number of amides is 1. The highest BCUT2D eigenvalue weighted by Gasteiger charge is 2.30. The van der Waals surface area contributed by atoms with Gasteiger partial charge in [0.25, 0.3) is 5.91 Å². The van der Waals surface area contributed by atoms with E-state index in [4.69, 9.17) is 10.5 Å². The standard InChI is InChI=1S/C15H22N2O2.ClH/c1-12-6-5-9-17(14(12)10-16)15(18)11-19-13-7-3-2-4-8-13;/h2-4,7-8,12,14H,5-6,9-11,16H2,1H3;1H. The number of para-hydroxylation sites is 1. The fourth-order valence-electron chi connectivity index (χ4n) is 2.66. The van der Waals surface area contributed by atoms with Crippen LogP contribution in [-0.2, 0) is 4.79 Å². The largest absolute Gasteiger partial charge is 0.484 e. The van der Waals surface area contributed by atoms with E-state index in [0.29, 0.717) is 12.5 Å². The van der Waals surface area contributed by atoms with Crippen molar-refractivity contribution in [3.05, 3.63) is 30.3 Å². The quantitative estimate of drug-likeness (QED) is 0.926. The van der Waals surface area contributed by atoms with Gasteiger partial charge in [0.05, 0.1) is 0 Å². The Kier molecular flexibility index (Phi) is 6.82. The van der Waals surface area contributed by atoms with Crippen molar-refractivity contribution in [2.45, 2.75) is 25.8 Å². The summed E-state index contributed by atoms with van der Waals surface area (Å²) in [4.78, 5) is 14.1. The van der Waals surface area contributed by atoms with Crippen molar-refractivity contribution in [3.63, 3.8) is 0 Å². The van der Waals surface area contributed by atoms with Crippen molar-refractivity contribution in [2.75, 3.05) is 19.7 Å². The second kappa shape index (κ2) is 8.12. The van der Waals surface area contributed by atoms with Gasteiger partial charge in [0, 0.05) is 19.1 Å². The Morgan fingerprint density at radius 2 is 2.10 bits per heavy atom. The van der Waals surface area contributed by atoms with Gasteiger partial charge in [-0.1, -0.05) is 25.1 Å². The number of nitrogens with zero attached hydrogens (tertiary/aromatic N) is 1. The Bertz CT molecular complexity index is 414. The highest BCUT2D eigenvalue weighted by molar-refractivity contribution is 5.85. The summed E-state index contributed by atoms with van der Waals surface area (Å²) >= 11 is 0. The van der Waals surface area contributed by atoms with Gasteiger partial charge < -0.3 is 15.4 Å². The normalized spacial score (nSPS) is 22.0. The second-order valence-electron chi connectivity index (χ2n) is 5.11. The summed E-state index contributed by atoms with van der Waals surface area (Å²) in [5.41, 5.74) is 5.79. The maximum absolute atomic E-state index is 12.2. The maximum atomic E-state index is 12.2. The van der Waals surface area contributed by atoms with Crippen molar-refractivity contribution in [1.82, 2.24) is 4.90 Å². The maximum Gasteiger partial charge on any atom is 0.260 e. The Morgan fingerprint density at radius 3 is 2.75 bits per heavy atom. The number of rotatable bonds is 4. The summed E-state index contributed by atoms with van der Waals surface area (Å²) in [5, 5.41) is 0. The molecule has 1 saturated heterocycles. The van der Waals surface area contributed by atoms with Crippen molar-refractivity contribution >= 4 is 18.3 Å². The Hall–Kier alpha value is -1.26. The van der Waals surface area contributed by atoms with Crippen molar-refractivity contribution in [2.24, 2.45) is 11.7 Å². The van der Waals surface area contributed by atoms with Crippen LogP contribution in [0.15, 0.2) is 30.3 Å². The van der Waals surface area contributed by atoms with Gasteiger partial charge in [-0.3, -0.25) is 4.79 Å². The minimum Gasteiger partial charge on any atom is -0.484 e. The van der Waals surface area contributed by atoms with Gasteiger partial charge in [-0.05, 0) is 30.9 Å². The second-order valence-corrected chi connectivity index (χ2v) is 5.11. The average Bonchev–Trinajstić information content (AvgIpc) is 2.45. The first-order valence-electron chi connectivity index (χ1n) is 6.89. The Labute approximate surface area is 126 Å². The molecule has 0 spiro atoms. The lowest BCUT2D eigenvalue weighted by atomic mass is 9.91. The number of carbonyl (C=O) groups is 1. The number of benzene rings is 1. The molecule has 2 unspecified atom stereocenters. The molecule has 0 bridgehead atoms. The minimum atomic E-state index is 0. The molecule has 20 heavy (non-hydrogen) atoms. The molecule has 1 aliphatic heterocycles. The molecule has 0 radical (unpaired) electrons. The molecule has 2 atom stereocenters. The zero-order valence-corrected chi connectivity index (χ0v) is 12.6. The predicted molar refractivity (Wildman–Crippen MR) is 82.1 cm³/mol. The van der Waals surface area contributed by atoms with E-state index < -0.39 is 0 Å². The number of hydrogen-bond acceptors (Lipinski definition) is 3. The number of likely N-dealkylation sites (tertiary alicyclic amines) is 1. The SMILES string of the molecule is CC1CCCN(C(=O)COc2ccccc2)C1CN.Cl. The van der Waals surface area contributed by atoms with E-state index in [9.17, 15) is 4.79 Å². The molecule has 1 fully saturated rings. The van der Waals surface area contributed by atoms with Crippen molar-refractivity contribution in [3.8, 4) is 5.75 Å². The van der Waals surface area contributed by atoms with Gasteiger partial charge >= 0.3 is 0 Å². The molecular weight excluding hydrogens is 276 g/mol. The van der Waals surface area contributed by atoms with E-state index in [1.54, 1.807) is 0 Å². The third-order valence-electron chi connectivity index (χ3n) is 3.78. The summed E-state index contributed by atoms with van der Waals surface area (Å²) < 4.78 is 5.52. The summed E-state index contributed by atoms with van der Waals surface area (Å²) in [6.07, 6.45) is 2.19. The first-order chi connectivity index (χ1) is 9.22. The van der Waals surface area contributed by atoms with E-state index in [1.165, 1.54) is 0 Å². The number of nitrogens with two attached hydrogens (primary N) is 1. The van der Waals surface area contributed by atoms with Gasteiger partial charge in [0.1, 0.15) is 5.75 Å². The van der Waals surface area contributed by atoms with Crippen LogP contribution in [0.1, 0.15) is 19.8 Å². The third-order valence-corrected chi connectivity index (χ3v) is 3.78. The van der Waals surface area contributed by atoms with Crippen LogP contribution in [0.4, 0.5) is 0 Å². The first kappa shape index (κ1) is 16.8. The lowest BCUT2D eigenvalue weighted by molar-refractivity contribution is -0.138. The van der Waals surface area contributed by atoms with E-state index >= 15 is 0 Å². The zero-order chi connectivity index (χ0) is 13.7. The number of piperidine rings is 1. The van der Waals surface area contributed by atoms with Crippen LogP contribution < -0.4 is 10.5 Å². The highest BCUT2D eigenvalue weighted by Crippen LogP contribution is 2.22. The molecule has 112 valence electrons. The number of hydrogen-bond donors (Lipinski definition) is 1. The molecule has 5 heteroatoms. The lowest BCUT2D eigenvalue weighted by Gasteiger charge is -2.39. The summed E-state index contributed by atoms with van der Waals surface area (Å²) in [6.45, 7) is 3.57. The van der Waals surface area contributed by atoms with Crippen LogP contribution in [0.3, 0.4) is 0 Å². The van der Waals surface area contributed by atoms with Gasteiger partial charge in [-0.2, -0.15) is 0 Å². The van der Waals surface area contributed by atoms with Crippen LogP contribution in [0, 0.1) is 5.92 Å². The monoisotopic (exact) mass is 298 g/mol. The smallest absolute Gasteiger partial charge is 0.260 e. The molecule has 0 aromatic heterocycles. The zero-order valence-electron chi connectivity index (χ0n) is 11.8. The number of carbonyl (C=O) groups excluding carboxylic acids is 1. The van der Waals surface area contributed by atoms with Gasteiger partial charge in [0.15, 0.2) is 6.61 Å². The van der Waals surface area contributed by atoms with Crippen LogP contribution in [-0.4, -0.2) is 36.5 Å². The molecule has 1 aliphatic rings. The fraction of sp³-hybridized carbons (Fsp3) is 0.533. The van der Waals surface area contributed by atoms with E-state index in [1.807, 2.05) is 35.2 Å². The van der Waals surface area contributed by atoms with Crippen LogP contribution in [0.2, 0.25) is 0 Å².